The second-order valence-corrected chi connectivity index (χ2v) is 14.4. The van der Waals surface area contributed by atoms with Crippen LogP contribution < -0.4 is 0 Å². The molecule has 2 saturated carbocycles. The highest BCUT2D eigenvalue weighted by Crippen LogP contribution is 2.53. The van der Waals surface area contributed by atoms with E-state index in [1.165, 1.54) is 54.3 Å². The van der Waals surface area contributed by atoms with Crippen molar-refractivity contribution in [3.05, 3.63) is 76.9 Å². The van der Waals surface area contributed by atoms with Gasteiger partial charge in [0.2, 0.25) is 0 Å². The molecule has 14 rings (SSSR count). The molecule has 44 heavy (non-hydrogen) atoms. The van der Waals surface area contributed by atoms with E-state index in [-0.39, 0.29) is 11.8 Å². The van der Waals surface area contributed by atoms with Crippen molar-refractivity contribution in [3.63, 3.8) is 0 Å². The molecule has 4 nitrogen and oxygen atoms in total. The molecule has 212 valence electrons. The van der Waals surface area contributed by atoms with E-state index >= 15 is 0 Å². The van der Waals surface area contributed by atoms with E-state index in [2.05, 4.69) is 59.0 Å². The zero-order chi connectivity index (χ0) is 28.6. The molecular formula is C40H29NO3. The predicted octanol–water partition coefficient (Wildman–Crippen LogP) is 10.3. The molecule has 0 saturated heterocycles. The summed E-state index contributed by atoms with van der Waals surface area (Å²) in [7, 11) is 0. The highest BCUT2D eigenvalue weighted by atomic mass is 16.3. The number of ketones is 2. The van der Waals surface area contributed by atoms with Gasteiger partial charge >= 0.3 is 0 Å². The Hall–Kier alpha value is -4.44. The standard InChI is InChI=1S/C40H29NO3/c42-38-21-8-4-18(5-9-21)24-14-28-30(16-26(24)38)41-31-17-27-25(19-6-10-22(11-7-19)39(27)43)15-29(31)36-37(41)34(28)23-13-12-20-2-1-3-32-33(20)35(23)40(36)44-32/h1-3,12-19,21-22H,4-11H2. The Morgan fingerprint density at radius 3 is 1.80 bits per heavy atom. The Balaban J connectivity index is 1.35. The van der Waals surface area contributed by atoms with Crippen molar-refractivity contribution in [2.45, 2.75) is 63.2 Å². The lowest BCUT2D eigenvalue weighted by Crippen LogP contribution is -2.15. The van der Waals surface area contributed by atoms with Crippen LogP contribution in [0.2, 0.25) is 0 Å². The number of hydrogen-bond donors (Lipinski definition) is 0. The van der Waals surface area contributed by atoms with Gasteiger partial charge in [0.05, 0.1) is 21.9 Å². The van der Waals surface area contributed by atoms with Gasteiger partial charge in [-0.25, -0.2) is 0 Å². The molecule has 4 bridgehead atoms. The number of benzene rings is 5. The molecule has 4 heteroatoms. The summed E-state index contributed by atoms with van der Waals surface area (Å²) in [5, 5.41) is 9.61. The summed E-state index contributed by atoms with van der Waals surface area (Å²) >= 11 is 0. The summed E-state index contributed by atoms with van der Waals surface area (Å²) in [6.45, 7) is 0. The molecule has 5 aromatic carbocycles. The number of Topliss-reactive ketones (excluding diaryl/α,β-unsaturated/α-hetero) is 2. The van der Waals surface area contributed by atoms with Gasteiger partial charge in [-0.15, -0.1) is 0 Å². The van der Waals surface area contributed by atoms with Crippen LogP contribution in [0.15, 0.2) is 59.0 Å². The summed E-state index contributed by atoms with van der Waals surface area (Å²) < 4.78 is 9.21. The van der Waals surface area contributed by atoms with Crippen LogP contribution in [-0.2, 0) is 0 Å². The number of carbonyl (C=O) groups is 2. The van der Waals surface area contributed by atoms with Crippen molar-refractivity contribution in [1.82, 2.24) is 4.40 Å². The summed E-state index contributed by atoms with van der Waals surface area (Å²) in [4.78, 5) is 27.8. The molecule has 0 aliphatic heterocycles. The van der Waals surface area contributed by atoms with E-state index in [1.54, 1.807) is 0 Å². The first-order valence-electron chi connectivity index (χ1n) is 16.6. The van der Waals surface area contributed by atoms with Gasteiger partial charge in [-0.05, 0) is 115 Å². The van der Waals surface area contributed by atoms with Gasteiger partial charge in [0.25, 0.3) is 0 Å². The average Bonchev–Trinajstić information content (AvgIpc) is 3.61. The zero-order valence-corrected chi connectivity index (χ0v) is 24.3. The SMILES string of the molecule is O=C1c2cc3c(cc2C2CCC1CC2)c1c2ccc4cccc5oc(c2c45)c2c4cc5c(cc4n3c12)C(=O)C1CCC5CC1. The fourth-order valence-corrected chi connectivity index (χ4v) is 10.5. The van der Waals surface area contributed by atoms with E-state index < -0.39 is 0 Å². The minimum Gasteiger partial charge on any atom is -0.455 e. The number of nitrogens with zero attached hydrogens (tertiary/aromatic N) is 1. The molecule has 3 heterocycles. The van der Waals surface area contributed by atoms with Crippen LogP contribution in [0.4, 0.5) is 0 Å². The van der Waals surface area contributed by atoms with Crippen LogP contribution in [0.25, 0.3) is 70.8 Å². The van der Waals surface area contributed by atoms with Gasteiger partial charge in [-0.3, -0.25) is 9.59 Å². The molecule has 0 amide bonds. The molecule has 6 aliphatic rings. The first-order valence-corrected chi connectivity index (χ1v) is 16.6. The Morgan fingerprint density at radius 2 is 1.16 bits per heavy atom. The number of rotatable bonds is 0. The van der Waals surface area contributed by atoms with Crippen LogP contribution in [-0.4, -0.2) is 16.0 Å². The molecule has 3 aromatic heterocycles. The molecule has 2 fully saturated rings. The number of hydrogen-bond acceptors (Lipinski definition) is 3. The first kappa shape index (κ1) is 23.0. The van der Waals surface area contributed by atoms with Gasteiger partial charge in [0.1, 0.15) is 11.2 Å². The third-order valence-corrected chi connectivity index (χ3v) is 12.6. The predicted molar refractivity (Wildman–Crippen MR) is 175 cm³/mol. The minimum absolute atomic E-state index is 0.144. The largest absolute Gasteiger partial charge is 0.455 e. The fourth-order valence-electron chi connectivity index (χ4n) is 10.5. The Kier molecular flexibility index (Phi) is 3.89. The summed E-state index contributed by atoms with van der Waals surface area (Å²) in [5.74, 6) is 1.84. The lowest BCUT2D eigenvalue weighted by atomic mass is 9.82. The van der Waals surface area contributed by atoms with Crippen molar-refractivity contribution in [3.8, 4) is 0 Å². The highest BCUT2D eigenvalue weighted by Gasteiger charge is 2.38. The van der Waals surface area contributed by atoms with Gasteiger partial charge in [-0.1, -0.05) is 24.3 Å². The highest BCUT2D eigenvalue weighted by molar-refractivity contribution is 6.41. The van der Waals surface area contributed by atoms with Crippen LogP contribution >= 0.6 is 0 Å². The number of fused-ring (bicyclic) bond motifs is 12. The molecule has 6 aliphatic carbocycles. The molecule has 0 atom stereocenters. The van der Waals surface area contributed by atoms with E-state index in [0.29, 0.717) is 23.4 Å². The van der Waals surface area contributed by atoms with Crippen LogP contribution in [0.1, 0.15) is 95.0 Å². The molecule has 0 unspecified atom stereocenters. The van der Waals surface area contributed by atoms with Crippen LogP contribution in [0.5, 0.6) is 0 Å². The van der Waals surface area contributed by atoms with E-state index in [4.69, 9.17) is 4.42 Å². The number of carbonyl (C=O) groups excluding carboxylic acids is 2. The van der Waals surface area contributed by atoms with Crippen molar-refractivity contribution in [1.29, 1.82) is 0 Å². The number of aromatic nitrogens is 1. The summed E-state index contributed by atoms with van der Waals surface area (Å²) in [6.07, 6.45) is 8.40. The average molecular weight is 572 g/mol. The first-order chi connectivity index (χ1) is 21.6. The topological polar surface area (TPSA) is 51.7 Å². The van der Waals surface area contributed by atoms with Gasteiger partial charge in [0, 0.05) is 49.9 Å². The van der Waals surface area contributed by atoms with E-state index in [0.717, 1.165) is 90.1 Å². The van der Waals surface area contributed by atoms with E-state index in [1.807, 2.05) is 0 Å². The van der Waals surface area contributed by atoms with E-state index in [9.17, 15) is 9.59 Å². The number of furan rings is 1. The zero-order valence-electron chi connectivity index (χ0n) is 24.3. The van der Waals surface area contributed by atoms with Gasteiger partial charge < -0.3 is 8.82 Å². The minimum atomic E-state index is 0.144. The molecule has 0 N–H and O–H groups in total. The lowest BCUT2D eigenvalue weighted by molar-refractivity contribution is 0.0891. The second kappa shape index (κ2) is 7.43. The fraction of sp³-hybridized carbons (Fsp3) is 0.300. The third-order valence-electron chi connectivity index (χ3n) is 12.6. The third kappa shape index (κ3) is 2.47. The smallest absolute Gasteiger partial charge is 0.166 e. The maximum Gasteiger partial charge on any atom is 0.166 e. The molecular weight excluding hydrogens is 542 g/mol. The van der Waals surface area contributed by atoms with Crippen molar-refractivity contribution in [2.24, 2.45) is 11.8 Å². The monoisotopic (exact) mass is 571 g/mol. The Bertz CT molecular complexity index is 2620. The van der Waals surface area contributed by atoms with Crippen LogP contribution in [0, 0.1) is 11.8 Å². The molecule has 8 aromatic rings. The normalized spacial score (nSPS) is 25.1. The van der Waals surface area contributed by atoms with Crippen molar-refractivity contribution >= 4 is 82.4 Å². The summed E-state index contributed by atoms with van der Waals surface area (Å²) in [6, 6.07) is 20.1. The maximum atomic E-state index is 13.9. The van der Waals surface area contributed by atoms with Crippen molar-refractivity contribution in [2.75, 3.05) is 0 Å². The lowest BCUT2D eigenvalue weighted by Gasteiger charge is -2.22. The van der Waals surface area contributed by atoms with Gasteiger partial charge in [0.15, 0.2) is 11.6 Å². The quantitative estimate of drug-likeness (QED) is 0.170. The second-order valence-electron chi connectivity index (χ2n) is 14.4. The van der Waals surface area contributed by atoms with Gasteiger partial charge in [-0.2, -0.15) is 0 Å². The molecule has 0 spiro atoms. The summed E-state index contributed by atoms with van der Waals surface area (Å²) in [5.41, 5.74) is 9.54. The Labute approximate surface area is 252 Å². The maximum absolute atomic E-state index is 13.9. The van der Waals surface area contributed by atoms with Crippen molar-refractivity contribution < 1.29 is 14.0 Å². The van der Waals surface area contributed by atoms with Crippen LogP contribution in [0.3, 0.4) is 0 Å². The molecule has 0 radical (unpaired) electrons. The Morgan fingerprint density at radius 1 is 0.568 bits per heavy atom.